The number of benzene rings is 1. The number of hydrogen-bond donors (Lipinski definition) is 1. The highest BCUT2D eigenvalue weighted by Crippen LogP contribution is 2.23. The maximum Gasteiger partial charge on any atom is 0.0233 e. The maximum atomic E-state index is 5.75. The van der Waals surface area contributed by atoms with Gasteiger partial charge in [0.1, 0.15) is 0 Å². The Kier molecular flexibility index (Phi) is 3.39. The number of nitrogens with two attached hydrogens (primary N) is 1. The molecule has 0 unspecified atom stereocenters. The van der Waals surface area contributed by atoms with Crippen LogP contribution in [0.15, 0.2) is 30.3 Å². The summed E-state index contributed by atoms with van der Waals surface area (Å²) in [5.41, 5.74) is 7.16. The second kappa shape index (κ2) is 4.77. The molecule has 2 heteroatoms. The summed E-state index contributed by atoms with van der Waals surface area (Å²) < 4.78 is 0. The van der Waals surface area contributed by atoms with Gasteiger partial charge in [-0.3, -0.25) is 4.90 Å². The van der Waals surface area contributed by atoms with Gasteiger partial charge in [-0.1, -0.05) is 37.3 Å². The second-order valence-electron chi connectivity index (χ2n) is 4.65. The van der Waals surface area contributed by atoms with Crippen LogP contribution in [-0.4, -0.2) is 24.5 Å². The van der Waals surface area contributed by atoms with Crippen LogP contribution in [0.25, 0.3) is 0 Å². The van der Waals surface area contributed by atoms with Crippen LogP contribution in [-0.2, 0) is 6.54 Å². The summed E-state index contributed by atoms with van der Waals surface area (Å²) in [4.78, 5) is 2.51. The van der Waals surface area contributed by atoms with Gasteiger partial charge >= 0.3 is 0 Å². The zero-order chi connectivity index (χ0) is 10.7. The van der Waals surface area contributed by atoms with E-state index >= 15 is 0 Å². The summed E-state index contributed by atoms with van der Waals surface area (Å²) in [5, 5.41) is 0. The van der Waals surface area contributed by atoms with E-state index in [1.807, 2.05) is 0 Å². The molecular formula is C13H20N2. The molecule has 15 heavy (non-hydrogen) atoms. The van der Waals surface area contributed by atoms with Crippen LogP contribution in [0.4, 0.5) is 0 Å². The fourth-order valence-corrected chi connectivity index (χ4v) is 2.42. The van der Waals surface area contributed by atoms with Crippen LogP contribution in [0.5, 0.6) is 0 Å². The average molecular weight is 204 g/mol. The van der Waals surface area contributed by atoms with Crippen LogP contribution in [0, 0.1) is 11.8 Å². The molecule has 2 rings (SSSR count). The van der Waals surface area contributed by atoms with E-state index in [2.05, 4.69) is 42.2 Å². The van der Waals surface area contributed by atoms with Crippen molar-refractivity contribution in [3.63, 3.8) is 0 Å². The van der Waals surface area contributed by atoms with E-state index < -0.39 is 0 Å². The van der Waals surface area contributed by atoms with E-state index in [1.165, 1.54) is 12.1 Å². The first-order valence-electron chi connectivity index (χ1n) is 5.76. The van der Waals surface area contributed by atoms with E-state index in [0.29, 0.717) is 5.92 Å². The minimum absolute atomic E-state index is 0.689. The first kappa shape index (κ1) is 10.7. The standard InChI is InChI=1S/C13H20N2/c1-11-8-15(10-13(11)7-14)9-12-5-3-2-4-6-12/h2-6,11,13H,7-10,14H2,1H3/t11-,13+/m0/s1. The van der Waals surface area contributed by atoms with E-state index in [9.17, 15) is 0 Å². The van der Waals surface area contributed by atoms with Gasteiger partial charge in [0.05, 0.1) is 0 Å². The van der Waals surface area contributed by atoms with Gasteiger partial charge < -0.3 is 5.73 Å². The summed E-state index contributed by atoms with van der Waals surface area (Å²) in [5.74, 6) is 1.44. The molecular weight excluding hydrogens is 184 g/mol. The molecule has 1 aromatic carbocycles. The Morgan fingerprint density at radius 3 is 2.60 bits per heavy atom. The van der Waals surface area contributed by atoms with Crippen molar-refractivity contribution in [1.29, 1.82) is 0 Å². The Bertz CT molecular complexity index is 297. The summed E-state index contributed by atoms with van der Waals surface area (Å²) in [6.07, 6.45) is 0. The predicted molar refractivity (Wildman–Crippen MR) is 63.4 cm³/mol. The second-order valence-corrected chi connectivity index (χ2v) is 4.65. The van der Waals surface area contributed by atoms with Crippen molar-refractivity contribution in [3.8, 4) is 0 Å². The molecule has 2 N–H and O–H groups in total. The van der Waals surface area contributed by atoms with Crippen molar-refractivity contribution >= 4 is 0 Å². The van der Waals surface area contributed by atoms with Crippen LogP contribution < -0.4 is 5.73 Å². The fourth-order valence-electron chi connectivity index (χ4n) is 2.42. The highest BCUT2D eigenvalue weighted by atomic mass is 15.2. The fraction of sp³-hybridized carbons (Fsp3) is 0.538. The van der Waals surface area contributed by atoms with Gasteiger partial charge in [-0.25, -0.2) is 0 Å². The van der Waals surface area contributed by atoms with Crippen LogP contribution in [0.3, 0.4) is 0 Å². The smallest absolute Gasteiger partial charge is 0.0233 e. The third-order valence-corrected chi connectivity index (χ3v) is 3.40. The summed E-state index contributed by atoms with van der Waals surface area (Å²) in [6, 6.07) is 10.7. The summed E-state index contributed by atoms with van der Waals surface area (Å²) >= 11 is 0. The van der Waals surface area contributed by atoms with Crippen molar-refractivity contribution in [2.75, 3.05) is 19.6 Å². The quantitative estimate of drug-likeness (QED) is 0.812. The number of nitrogens with zero attached hydrogens (tertiary/aromatic N) is 1. The molecule has 1 aliphatic heterocycles. The maximum absolute atomic E-state index is 5.75. The molecule has 1 aliphatic rings. The Labute approximate surface area is 92.1 Å². The monoisotopic (exact) mass is 204 g/mol. The first-order chi connectivity index (χ1) is 7.29. The molecule has 0 aromatic heterocycles. The number of rotatable bonds is 3. The predicted octanol–water partition coefficient (Wildman–Crippen LogP) is 1.71. The van der Waals surface area contributed by atoms with Gasteiger partial charge in [0, 0.05) is 19.6 Å². The molecule has 0 radical (unpaired) electrons. The van der Waals surface area contributed by atoms with Gasteiger partial charge in [-0.15, -0.1) is 0 Å². The Morgan fingerprint density at radius 2 is 2.00 bits per heavy atom. The minimum atomic E-state index is 0.689. The Morgan fingerprint density at radius 1 is 1.27 bits per heavy atom. The molecule has 2 nitrogen and oxygen atoms in total. The van der Waals surface area contributed by atoms with Crippen molar-refractivity contribution in [2.24, 2.45) is 17.6 Å². The van der Waals surface area contributed by atoms with Crippen molar-refractivity contribution in [3.05, 3.63) is 35.9 Å². The van der Waals surface area contributed by atoms with E-state index in [0.717, 1.165) is 25.6 Å². The molecule has 82 valence electrons. The van der Waals surface area contributed by atoms with Crippen LogP contribution in [0.2, 0.25) is 0 Å². The van der Waals surface area contributed by atoms with Gasteiger partial charge in [0.2, 0.25) is 0 Å². The van der Waals surface area contributed by atoms with Crippen LogP contribution >= 0.6 is 0 Å². The SMILES string of the molecule is C[C@H]1CN(Cc2ccccc2)C[C@H]1CN. The molecule has 1 aromatic rings. The average Bonchev–Trinajstić information content (AvgIpc) is 2.60. The Hall–Kier alpha value is -0.860. The van der Waals surface area contributed by atoms with Gasteiger partial charge in [0.25, 0.3) is 0 Å². The molecule has 1 heterocycles. The minimum Gasteiger partial charge on any atom is -0.330 e. The zero-order valence-corrected chi connectivity index (χ0v) is 9.39. The molecule has 0 aliphatic carbocycles. The molecule has 0 spiro atoms. The van der Waals surface area contributed by atoms with Gasteiger partial charge in [0.15, 0.2) is 0 Å². The normalized spacial score (nSPS) is 27.1. The third-order valence-electron chi connectivity index (χ3n) is 3.40. The lowest BCUT2D eigenvalue weighted by molar-refractivity contribution is 0.315. The molecule has 0 saturated carbocycles. The molecule has 0 amide bonds. The largest absolute Gasteiger partial charge is 0.330 e. The van der Waals surface area contributed by atoms with Gasteiger partial charge in [-0.05, 0) is 23.9 Å². The van der Waals surface area contributed by atoms with Crippen molar-refractivity contribution in [2.45, 2.75) is 13.5 Å². The molecule has 2 atom stereocenters. The molecule has 0 bridgehead atoms. The highest BCUT2D eigenvalue weighted by Gasteiger charge is 2.27. The highest BCUT2D eigenvalue weighted by molar-refractivity contribution is 5.14. The topological polar surface area (TPSA) is 29.3 Å². The lowest BCUT2D eigenvalue weighted by atomic mass is 9.99. The van der Waals surface area contributed by atoms with E-state index in [-0.39, 0.29) is 0 Å². The Balaban J connectivity index is 1.92. The third kappa shape index (κ3) is 2.58. The first-order valence-corrected chi connectivity index (χ1v) is 5.76. The number of likely N-dealkylation sites (tertiary alicyclic amines) is 1. The molecule has 1 saturated heterocycles. The number of hydrogen-bond acceptors (Lipinski definition) is 2. The summed E-state index contributed by atoms with van der Waals surface area (Å²) in [7, 11) is 0. The van der Waals surface area contributed by atoms with Crippen LogP contribution in [0.1, 0.15) is 12.5 Å². The lowest BCUT2D eigenvalue weighted by Gasteiger charge is -2.15. The van der Waals surface area contributed by atoms with E-state index in [1.54, 1.807) is 0 Å². The zero-order valence-electron chi connectivity index (χ0n) is 9.39. The molecule has 1 fully saturated rings. The summed E-state index contributed by atoms with van der Waals surface area (Å²) in [6.45, 7) is 6.56. The van der Waals surface area contributed by atoms with Crippen molar-refractivity contribution in [1.82, 2.24) is 4.90 Å². The van der Waals surface area contributed by atoms with Crippen molar-refractivity contribution < 1.29 is 0 Å². The van der Waals surface area contributed by atoms with Gasteiger partial charge in [-0.2, -0.15) is 0 Å². The lowest BCUT2D eigenvalue weighted by Crippen LogP contribution is -2.23. The van der Waals surface area contributed by atoms with E-state index in [4.69, 9.17) is 5.73 Å².